The summed E-state index contributed by atoms with van der Waals surface area (Å²) in [7, 11) is 0. The van der Waals surface area contributed by atoms with Crippen LogP contribution in [0.15, 0.2) is 5.38 Å². The minimum absolute atomic E-state index is 0.0559. The highest BCUT2D eigenvalue weighted by atomic mass is 32.1. The van der Waals surface area contributed by atoms with Crippen molar-refractivity contribution < 1.29 is 0 Å². The summed E-state index contributed by atoms with van der Waals surface area (Å²) in [5, 5.41) is 7.14. The van der Waals surface area contributed by atoms with E-state index in [1.165, 1.54) is 42.8 Å². The highest BCUT2D eigenvalue weighted by molar-refractivity contribution is 7.09. The number of hydrogen-bond donors (Lipinski definition) is 1. The molecule has 1 aromatic rings. The molecule has 1 atom stereocenters. The number of aromatic nitrogens is 1. The maximum absolute atomic E-state index is 4.86. The van der Waals surface area contributed by atoms with Crippen LogP contribution in [0.2, 0.25) is 0 Å². The largest absolute Gasteiger partial charge is 0.306 e. The van der Waals surface area contributed by atoms with Gasteiger partial charge in [0.15, 0.2) is 0 Å². The molecule has 1 unspecified atom stereocenters. The van der Waals surface area contributed by atoms with E-state index in [2.05, 4.69) is 45.3 Å². The van der Waals surface area contributed by atoms with E-state index in [9.17, 15) is 0 Å². The molecule has 2 nitrogen and oxygen atoms in total. The fraction of sp³-hybridized carbons (Fsp3) is 0.812. The first-order valence-electron chi connectivity index (χ1n) is 7.74. The van der Waals surface area contributed by atoms with Gasteiger partial charge in [-0.15, -0.1) is 11.3 Å². The second-order valence-corrected chi connectivity index (χ2v) is 6.76. The van der Waals surface area contributed by atoms with E-state index in [0.717, 1.165) is 6.54 Å². The van der Waals surface area contributed by atoms with Gasteiger partial charge in [0.05, 0.1) is 11.2 Å². The molecule has 0 fully saturated rings. The van der Waals surface area contributed by atoms with E-state index in [0.29, 0.717) is 5.92 Å². The number of nitrogens with zero attached hydrogens (tertiary/aromatic N) is 1. The van der Waals surface area contributed by atoms with E-state index in [1.54, 1.807) is 0 Å². The number of thiazole rings is 1. The van der Waals surface area contributed by atoms with Crippen LogP contribution in [0.4, 0.5) is 0 Å². The molecule has 0 spiro atoms. The van der Waals surface area contributed by atoms with Crippen LogP contribution >= 0.6 is 11.3 Å². The average Bonchev–Trinajstić information content (AvgIpc) is 2.85. The molecule has 19 heavy (non-hydrogen) atoms. The molecule has 0 amide bonds. The highest BCUT2D eigenvalue weighted by Crippen LogP contribution is 2.31. The molecule has 0 radical (unpaired) electrons. The first-order chi connectivity index (χ1) is 9.03. The standard InChI is InChI=1S/C16H30N2S/c1-6-8-9-10-11-16(5,17-7-2)15-18-14(12-19-15)13(3)4/h12-13,17H,6-11H2,1-5H3. The predicted octanol–water partition coefficient (Wildman–Crippen LogP) is 5.06. The minimum Gasteiger partial charge on any atom is -0.306 e. The van der Waals surface area contributed by atoms with Gasteiger partial charge >= 0.3 is 0 Å². The van der Waals surface area contributed by atoms with E-state index in [-0.39, 0.29) is 5.54 Å². The van der Waals surface area contributed by atoms with Crippen LogP contribution in [0.25, 0.3) is 0 Å². The van der Waals surface area contributed by atoms with E-state index in [1.807, 2.05) is 11.3 Å². The third-order valence-corrected chi connectivity index (χ3v) is 4.81. The molecule has 0 aliphatic carbocycles. The molecular weight excluding hydrogens is 252 g/mol. The predicted molar refractivity (Wildman–Crippen MR) is 86.0 cm³/mol. The minimum atomic E-state index is 0.0559. The molecule has 1 aromatic heterocycles. The Balaban J connectivity index is 2.72. The third-order valence-electron chi connectivity index (χ3n) is 3.68. The Hall–Kier alpha value is -0.410. The Morgan fingerprint density at radius 1 is 1.26 bits per heavy atom. The van der Waals surface area contributed by atoms with Crippen molar-refractivity contribution in [2.45, 2.75) is 78.2 Å². The van der Waals surface area contributed by atoms with Crippen LogP contribution in [0.5, 0.6) is 0 Å². The molecule has 0 saturated carbocycles. The topological polar surface area (TPSA) is 24.9 Å². The van der Waals surface area contributed by atoms with Crippen molar-refractivity contribution in [3.8, 4) is 0 Å². The molecule has 0 aliphatic rings. The van der Waals surface area contributed by atoms with Crippen LogP contribution in [0.3, 0.4) is 0 Å². The number of rotatable bonds is 9. The second kappa shape index (κ2) is 8.01. The summed E-state index contributed by atoms with van der Waals surface area (Å²) < 4.78 is 0. The summed E-state index contributed by atoms with van der Waals surface area (Å²) in [5.74, 6) is 0.524. The Morgan fingerprint density at radius 2 is 2.00 bits per heavy atom. The van der Waals surface area contributed by atoms with Crippen LogP contribution in [0, 0.1) is 0 Å². The maximum Gasteiger partial charge on any atom is 0.113 e. The molecule has 0 saturated heterocycles. The van der Waals surface area contributed by atoms with Gasteiger partial charge in [-0.3, -0.25) is 0 Å². The number of unbranched alkanes of at least 4 members (excludes halogenated alkanes) is 3. The van der Waals surface area contributed by atoms with Crippen LogP contribution in [0.1, 0.15) is 83.3 Å². The summed E-state index contributed by atoms with van der Waals surface area (Å²) >= 11 is 1.81. The first kappa shape index (κ1) is 16.6. The zero-order valence-electron chi connectivity index (χ0n) is 13.3. The van der Waals surface area contributed by atoms with Gasteiger partial charge in [-0.1, -0.05) is 53.4 Å². The Morgan fingerprint density at radius 3 is 2.53 bits per heavy atom. The van der Waals surface area contributed by atoms with Crippen molar-refractivity contribution in [3.05, 3.63) is 16.1 Å². The fourth-order valence-corrected chi connectivity index (χ4v) is 3.52. The van der Waals surface area contributed by atoms with Crippen LogP contribution < -0.4 is 5.32 Å². The first-order valence-corrected chi connectivity index (χ1v) is 8.62. The molecule has 110 valence electrons. The molecule has 1 N–H and O–H groups in total. The van der Waals surface area contributed by atoms with Gasteiger partial charge in [0.25, 0.3) is 0 Å². The Kier molecular flexibility index (Phi) is 7.01. The van der Waals surface area contributed by atoms with Crippen molar-refractivity contribution in [1.82, 2.24) is 10.3 Å². The molecule has 0 aromatic carbocycles. The molecule has 1 heterocycles. The highest BCUT2D eigenvalue weighted by Gasteiger charge is 2.28. The van der Waals surface area contributed by atoms with Gasteiger partial charge in [-0.05, 0) is 25.8 Å². The van der Waals surface area contributed by atoms with Crippen LogP contribution in [-0.4, -0.2) is 11.5 Å². The van der Waals surface area contributed by atoms with Crippen molar-refractivity contribution in [2.24, 2.45) is 0 Å². The summed E-state index contributed by atoms with van der Waals surface area (Å²) in [5.41, 5.74) is 1.29. The lowest BCUT2D eigenvalue weighted by Gasteiger charge is -2.28. The summed E-state index contributed by atoms with van der Waals surface area (Å²) in [6.07, 6.45) is 6.45. The van der Waals surface area contributed by atoms with Gasteiger partial charge in [-0.2, -0.15) is 0 Å². The summed E-state index contributed by atoms with van der Waals surface area (Å²) in [4.78, 5) is 4.86. The van der Waals surface area contributed by atoms with E-state index < -0.39 is 0 Å². The number of hydrogen-bond acceptors (Lipinski definition) is 3. The zero-order chi connectivity index (χ0) is 14.3. The Bertz CT molecular complexity index is 359. The van der Waals surface area contributed by atoms with Gasteiger partial charge in [0.2, 0.25) is 0 Å². The molecule has 3 heteroatoms. The Labute approximate surface area is 123 Å². The van der Waals surface area contributed by atoms with E-state index >= 15 is 0 Å². The lowest BCUT2D eigenvalue weighted by molar-refractivity contribution is 0.331. The lowest BCUT2D eigenvalue weighted by Crippen LogP contribution is -2.39. The second-order valence-electron chi connectivity index (χ2n) is 5.91. The third kappa shape index (κ3) is 4.88. The molecule has 0 aliphatic heterocycles. The SMILES string of the molecule is CCCCCCC(C)(NCC)c1nc(C(C)C)cs1. The summed E-state index contributed by atoms with van der Waals surface area (Å²) in [6.45, 7) is 12.2. The van der Waals surface area contributed by atoms with Gasteiger partial charge in [0, 0.05) is 5.38 Å². The van der Waals surface area contributed by atoms with Crippen LogP contribution in [-0.2, 0) is 5.54 Å². The van der Waals surface area contributed by atoms with Gasteiger partial charge < -0.3 is 5.32 Å². The average molecular weight is 282 g/mol. The monoisotopic (exact) mass is 282 g/mol. The van der Waals surface area contributed by atoms with Gasteiger partial charge in [0.1, 0.15) is 5.01 Å². The molecule has 1 rings (SSSR count). The zero-order valence-corrected chi connectivity index (χ0v) is 14.1. The normalized spacial score (nSPS) is 14.8. The number of nitrogens with one attached hydrogen (secondary N) is 1. The molecular formula is C16H30N2S. The lowest BCUT2D eigenvalue weighted by atomic mass is 9.94. The van der Waals surface area contributed by atoms with Crippen molar-refractivity contribution in [3.63, 3.8) is 0 Å². The van der Waals surface area contributed by atoms with Crippen molar-refractivity contribution in [1.29, 1.82) is 0 Å². The smallest absolute Gasteiger partial charge is 0.113 e. The van der Waals surface area contributed by atoms with Crippen molar-refractivity contribution in [2.75, 3.05) is 6.54 Å². The molecule has 0 bridgehead atoms. The van der Waals surface area contributed by atoms with Crippen molar-refractivity contribution >= 4 is 11.3 Å². The fourth-order valence-electron chi connectivity index (χ4n) is 2.37. The maximum atomic E-state index is 4.86. The quantitative estimate of drug-likeness (QED) is 0.640. The van der Waals surface area contributed by atoms with E-state index in [4.69, 9.17) is 4.98 Å². The van der Waals surface area contributed by atoms with Gasteiger partial charge in [-0.25, -0.2) is 4.98 Å². The summed E-state index contributed by atoms with van der Waals surface area (Å²) in [6, 6.07) is 0.